The van der Waals surface area contributed by atoms with Crippen LogP contribution in [0.1, 0.15) is 109 Å². The van der Waals surface area contributed by atoms with Crippen LogP contribution in [-0.2, 0) is 0 Å². The standard InChI is InChI=1S/2C17H13N4.6C2H6/c1-11-20-7-6-18-10-16(20)17-19-14-8-12-4-2-3-5-13(12)9-15(14)21(11)17;1-11-20-9-8-18-10-15(20)17-19-16-13-5-3-2-4-12(13)6-7-14(16)21(11)17;6*1-2/h2*2-11H,1H3;6*1-2H3/q2*+1;;;;;;. The fraction of sp³-hybridized carbons (Fsp3) is 0.348. The molecule has 0 bridgehead atoms. The van der Waals surface area contributed by atoms with Gasteiger partial charge in [0.25, 0.3) is 11.4 Å². The molecule has 0 spiro atoms. The summed E-state index contributed by atoms with van der Waals surface area (Å²) in [4.78, 5) is 18.2. The second-order valence-electron chi connectivity index (χ2n) is 11.0. The van der Waals surface area contributed by atoms with Gasteiger partial charge in [-0.1, -0.05) is 138 Å². The number of hydrogen-bond donors (Lipinski definition) is 0. The van der Waals surface area contributed by atoms with E-state index in [1.54, 1.807) is 0 Å². The van der Waals surface area contributed by atoms with Gasteiger partial charge >= 0.3 is 0 Å². The fourth-order valence-electron chi connectivity index (χ4n) is 6.72. The zero-order valence-electron chi connectivity index (χ0n) is 35.1. The van der Waals surface area contributed by atoms with Gasteiger partial charge in [-0.25, -0.2) is 9.97 Å². The van der Waals surface area contributed by atoms with Gasteiger partial charge in [-0.05, 0) is 34.4 Å². The molecule has 8 aromatic rings. The third-order valence-electron chi connectivity index (χ3n) is 8.73. The van der Waals surface area contributed by atoms with Gasteiger partial charge in [-0.3, -0.25) is 19.1 Å². The van der Waals surface area contributed by atoms with Crippen molar-refractivity contribution in [3.8, 4) is 23.0 Å². The van der Waals surface area contributed by atoms with Crippen molar-refractivity contribution in [3.05, 3.63) is 110 Å². The Morgan fingerprint density at radius 1 is 0.500 bits per heavy atom. The summed E-state index contributed by atoms with van der Waals surface area (Å²) in [5.74, 6) is 2.00. The highest BCUT2D eigenvalue weighted by atomic mass is 15.3. The zero-order valence-corrected chi connectivity index (χ0v) is 35.1. The Bertz CT molecular complexity index is 2360. The van der Waals surface area contributed by atoms with Gasteiger partial charge < -0.3 is 0 Å². The summed E-state index contributed by atoms with van der Waals surface area (Å²) >= 11 is 0. The molecule has 8 heteroatoms. The molecule has 8 nitrogen and oxygen atoms in total. The lowest BCUT2D eigenvalue weighted by molar-refractivity contribution is -0.706. The Morgan fingerprint density at radius 3 is 1.52 bits per heavy atom. The molecule has 2 aliphatic rings. The highest BCUT2D eigenvalue weighted by molar-refractivity contribution is 6.05. The van der Waals surface area contributed by atoms with Gasteiger partial charge in [0.1, 0.15) is 12.4 Å². The van der Waals surface area contributed by atoms with Crippen molar-refractivity contribution in [1.82, 2.24) is 29.1 Å². The van der Waals surface area contributed by atoms with Crippen molar-refractivity contribution in [2.24, 2.45) is 0 Å². The summed E-state index contributed by atoms with van der Waals surface area (Å²) in [5, 5.41) is 4.92. The molecule has 2 unspecified atom stereocenters. The van der Waals surface area contributed by atoms with Crippen LogP contribution in [0, 0.1) is 0 Å². The molecule has 10 rings (SSSR count). The molecule has 0 radical (unpaired) electrons. The second-order valence-corrected chi connectivity index (χ2v) is 11.0. The molecule has 0 fully saturated rings. The number of hydrogen-bond acceptors (Lipinski definition) is 4. The van der Waals surface area contributed by atoms with Crippen molar-refractivity contribution in [2.45, 2.75) is 109 Å². The molecular formula is C46H62N8+2. The minimum absolute atomic E-state index is 0.226. The molecule has 54 heavy (non-hydrogen) atoms. The first-order chi connectivity index (χ1) is 26.7. The van der Waals surface area contributed by atoms with Crippen LogP contribution in [0.5, 0.6) is 0 Å². The molecule has 0 saturated carbocycles. The molecule has 0 saturated heterocycles. The summed E-state index contributed by atoms with van der Waals surface area (Å²) in [7, 11) is 0. The second kappa shape index (κ2) is 20.7. The Hall–Kier alpha value is -5.50. The maximum atomic E-state index is 4.92. The van der Waals surface area contributed by atoms with Crippen LogP contribution in [-0.4, -0.2) is 29.1 Å². The Morgan fingerprint density at radius 2 is 0.963 bits per heavy atom. The largest absolute Gasteiger partial charge is 0.269 e. The molecular weight excluding hydrogens is 665 g/mol. The minimum atomic E-state index is 0.226. The normalized spacial score (nSPS) is 13.4. The molecule has 4 aromatic heterocycles. The Kier molecular flexibility index (Phi) is 16.4. The van der Waals surface area contributed by atoms with E-state index >= 15 is 0 Å². The van der Waals surface area contributed by atoms with Crippen LogP contribution in [0.25, 0.3) is 66.6 Å². The van der Waals surface area contributed by atoms with E-state index in [-0.39, 0.29) is 12.3 Å². The highest BCUT2D eigenvalue weighted by Crippen LogP contribution is 2.35. The lowest BCUT2D eigenvalue weighted by Gasteiger charge is -2.05. The summed E-state index contributed by atoms with van der Waals surface area (Å²) in [6, 6.07) is 25.6. The smallest absolute Gasteiger partial charge is 0.259 e. The van der Waals surface area contributed by atoms with Crippen molar-refractivity contribution in [2.75, 3.05) is 0 Å². The van der Waals surface area contributed by atoms with E-state index < -0.39 is 0 Å². The van der Waals surface area contributed by atoms with Gasteiger partial charge in [-0.2, -0.15) is 9.13 Å². The van der Waals surface area contributed by atoms with E-state index in [1.165, 1.54) is 32.6 Å². The molecule has 6 heterocycles. The molecule has 0 amide bonds. The maximum Gasteiger partial charge on any atom is 0.269 e. The first-order valence-electron chi connectivity index (χ1n) is 20.2. The average molecular weight is 727 g/mol. The van der Waals surface area contributed by atoms with Crippen molar-refractivity contribution >= 4 is 43.6 Å². The first kappa shape index (κ1) is 42.9. The summed E-state index contributed by atoms with van der Waals surface area (Å²) < 4.78 is 9.01. The average Bonchev–Trinajstić information content (AvgIpc) is 4.00. The number of rotatable bonds is 0. The monoisotopic (exact) mass is 727 g/mol. The predicted octanol–water partition coefficient (Wildman–Crippen LogP) is 12.0. The predicted molar refractivity (Wildman–Crippen MR) is 230 cm³/mol. The summed E-state index contributed by atoms with van der Waals surface area (Å²) in [6.45, 7) is 28.4. The van der Waals surface area contributed by atoms with Crippen molar-refractivity contribution < 1.29 is 9.13 Å². The third kappa shape index (κ3) is 7.74. The van der Waals surface area contributed by atoms with E-state index in [0.717, 1.165) is 34.1 Å². The van der Waals surface area contributed by atoms with E-state index in [1.807, 2.05) is 120 Å². The number of nitrogens with zero attached hydrogens (tertiary/aromatic N) is 8. The van der Waals surface area contributed by atoms with E-state index in [4.69, 9.17) is 9.97 Å². The Balaban J connectivity index is 0.000000228. The molecule has 2 atom stereocenters. The van der Waals surface area contributed by atoms with E-state index in [0.29, 0.717) is 0 Å². The van der Waals surface area contributed by atoms with Crippen LogP contribution in [0.15, 0.2) is 110 Å². The van der Waals surface area contributed by atoms with Crippen molar-refractivity contribution in [3.63, 3.8) is 0 Å². The van der Waals surface area contributed by atoms with Crippen LogP contribution in [0.4, 0.5) is 0 Å². The zero-order chi connectivity index (χ0) is 39.9. The molecule has 284 valence electrons. The third-order valence-corrected chi connectivity index (χ3v) is 8.73. The van der Waals surface area contributed by atoms with Crippen LogP contribution in [0.3, 0.4) is 0 Å². The number of aromatic nitrogens is 8. The SMILES string of the molecule is CC.CC.CC.CC.CC.CC.CC1n2c(nc3c4ccccc4ccc32)-c2cncc[n+]21.CC1n2c(nc3cc4ccccc4cc32)-c2cncc[n+]21. The number of imidazole rings is 2. The molecule has 2 aliphatic heterocycles. The van der Waals surface area contributed by atoms with Gasteiger partial charge in [0.05, 0.1) is 34.5 Å². The first-order valence-corrected chi connectivity index (χ1v) is 20.2. The minimum Gasteiger partial charge on any atom is -0.259 e. The van der Waals surface area contributed by atoms with Crippen LogP contribution in [0.2, 0.25) is 0 Å². The Labute approximate surface area is 323 Å². The molecule has 0 N–H and O–H groups in total. The lowest BCUT2D eigenvalue weighted by Crippen LogP contribution is -2.38. The quantitative estimate of drug-likeness (QED) is 0.146. The lowest BCUT2D eigenvalue weighted by atomic mass is 10.1. The maximum absolute atomic E-state index is 4.92. The molecule has 0 aliphatic carbocycles. The number of fused-ring (bicyclic) bond motifs is 13. The molecule has 4 aromatic carbocycles. The summed E-state index contributed by atoms with van der Waals surface area (Å²) in [5.41, 5.74) is 6.63. The number of benzene rings is 4. The topological polar surface area (TPSA) is 69.2 Å². The van der Waals surface area contributed by atoms with Crippen LogP contribution >= 0.6 is 0 Å². The van der Waals surface area contributed by atoms with Gasteiger partial charge in [-0.15, -0.1) is 0 Å². The van der Waals surface area contributed by atoms with E-state index in [9.17, 15) is 0 Å². The van der Waals surface area contributed by atoms with E-state index in [2.05, 4.69) is 115 Å². The van der Waals surface area contributed by atoms with Crippen molar-refractivity contribution in [1.29, 1.82) is 0 Å². The highest BCUT2D eigenvalue weighted by Gasteiger charge is 2.37. The van der Waals surface area contributed by atoms with Crippen LogP contribution < -0.4 is 9.13 Å². The van der Waals surface area contributed by atoms with Gasteiger partial charge in [0, 0.05) is 19.2 Å². The van der Waals surface area contributed by atoms with Gasteiger partial charge in [0.2, 0.25) is 24.0 Å². The fourth-order valence-corrected chi connectivity index (χ4v) is 6.72. The summed E-state index contributed by atoms with van der Waals surface area (Å²) in [6.07, 6.45) is 11.9. The van der Waals surface area contributed by atoms with Gasteiger partial charge in [0.15, 0.2) is 12.4 Å².